The van der Waals surface area contributed by atoms with Gasteiger partial charge in [-0.05, 0) is 0 Å². The molecule has 6 heteroatoms. The van der Waals surface area contributed by atoms with E-state index in [4.69, 9.17) is 15.3 Å². The van der Waals surface area contributed by atoms with Crippen molar-refractivity contribution in [2.24, 2.45) is 0 Å². The van der Waals surface area contributed by atoms with E-state index in [1.54, 1.807) is 0 Å². The first-order valence-corrected chi connectivity index (χ1v) is 3.26. The second kappa shape index (κ2) is 5.50. The minimum Gasteiger partial charge on any atom is -0.481 e. The van der Waals surface area contributed by atoms with Gasteiger partial charge in [-0.15, -0.1) is 0 Å². The molecule has 0 aromatic carbocycles. The highest BCUT2D eigenvalue weighted by atomic mass is 16.6. The van der Waals surface area contributed by atoms with Crippen LogP contribution in [0.3, 0.4) is 0 Å². The Morgan fingerprint density at radius 2 is 1.83 bits per heavy atom. The van der Waals surface area contributed by atoms with Crippen molar-refractivity contribution in [1.29, 1.82) is 0 Å². The lowest BCUT2D eigenvalue weighted by molar-refractivity contribution is -0.158. The second-order valence-corrected chi connectivity index (χ2v) is 2.06. The number of carboxylic acid groups (broad SMARTS) is 1. The summed E-state index contributed by atoms with van der Waals surface area (Å²) in [5.41, 5.74) is 0. The first-order chi connectivity index (χ1) is 5.52. The van der Waals surface area contributed by atoms with Crippen LogP contribution in [0, 0.1) is 0 Å². The highest BCUT2D eigenvalue weighted by Gasteiger charge is 2.07. The van der Waals surface area contributed by atoms with Gasteiger partial charge in [-0.25, -0.2) is 0 Å². The average Bonchev–Trinajstić information content (AvgIpc) is 1.96. The van der Waals surface area contributed by atoms with Crippen LogP contribution in [0.2, 0.25) is 0 Å². The zero-order chi connectivity index (χ0) is 9.56. The Hall–Kier alpha value is -1.14. The number of esters is 1. The number of aliphatic hydroxyl groups excluding tert-OH is 1. The van der Waals surface area contributed by atoms with E-state index in [0.717, 1.165) is 0 Å². The van der Waals surface area contributed by atoms with Gasteiger partial charge in [-0.1, -0.05) is 0 Å². The fourth-order valence-electron chi connectivity index (χ4n) is 0.449. The van der Waals surface area contributed by atoms with E-state index in [1.807, 2.05) is 0 Å². The van der Waals surface area contributed by atoms with Crippen molar-refractivity contribution in [2.75, 3.05) is 6.61 Å². The van der Waals surface area contributed by atoms with Gasteiger partial charge in [0.25, 0.3) is 0 Å². The SMILES string of the molecule is O=C(O)CCC(=O)OCC(O)O. The molecule has 0 heterocycles. The third-order valence-corrected chi connectivity index (χ3v) is 0.936. The predicted molar refractivity (Wildman–Crippen MR) is 36.1 cm³/mol. The molecule has 6 nitrogen and oxygen atoms in total. The van der Waals surface area contributed by atoms with E-state index in [-0.39, 0.29) is 12.8 Å². The van der Waals surface area contributed by atoms with Crippen molar-refractivity contribution in [1.82, 2.24) is 0 Å². The molecule has 0 spiro atoms. The summed E-state index contributed by atoms with van der Waals surface area (Å²) in [7, 11) is 0. The van der Waals surface area contributed by atoms with Crippen LogP contribution in [-0.2, 0) is 14.3 Å². The molecule has 0 bridgehead atoms. The molecule has 3 N–H and O–H groups in total. The molecule has 0 saturated carbocycles. The lowest BCUT2D eigenvalue weighted by Gasteiger charge is -2.04. The molecule has 70 valence electrons. The highest BCUT2D eigenvalue weighted by Crippen LogP contribution is 1.93. The van der Waals surface area contributed by atoms with Gasteiger partial charge in [-0.2, -0.15) is 0 Å². The van der Waals surface area contributed by atoms with Crippen molar-refractivity contribution >= 4 is 11.9 Å². The van der Waals surface area contributed by atoms with Crippen LogP contribution in [-0.4, -0.2) is 40.2 Å². The van der Waals surface area contributed by atoms with E-state index >= 15 is 0 Å². The first-order valence-electron chi connectivity index (χ1n) is 3.26. The Morgan fingerprint density at radius 1 is 1.25 bits per heavy atom. The monoisotopic (exact) mass is 178 g/mol. The van der Waals surface area contributed by atoms with Crippen molar-refractivity contribution in [3.63, 3.8) is 0 Å². The van der Waals surface area contributed by atoms with E-state index in [1.165, 1.54) is 0 Å². The molecular formula is C6H10O6. The summed E-state index contributed by atoms with van der Waals surface area (Å²) in [6.45, 7) is -0.529. The highest BCUT2D eigenvalue weighted by molar-refractivity contribution is 5.76. The number of hydrogen-bond donors (Lipinski definition) is 3. The number of carbonyl (C=O) groups is 2. The summed E-state index contributed by atoms with van der Waals surface area (Å²) < 4.78 is 4.25. The van der Waals surface area contributed by atoms with Crippen LogP contribution in [0.1, 0.15) is 12.8 Å². The largest absolute Gasteiger partial charge is 0.481 e. The topological polar surface area (TPSA) is 104 Å². The Morgan fingerprint density at radius 3 is 2.25 bits per heavy atom. The fourth-order valence-corrected chi connectivity index (χ4v) is 0.449. The summed E-state index contributed by atoms with van der Waals surface area (Å²) in [6.07, 6.45) is -2.29. The molecule has 0 rings (SSSR count). The smallest absolute Gasteiger partial charge is 0.306 e. The molecule has 0 unspecified atom stereocenters. The number of rotatable bonds is 5. The molecule has 0 aliphatic heterocycles. The molecule has 0 aliphatic rings. The second-order valence-electron chi connectivity index (χ2n) is 2.06. The van der Waals surface area contributed by atoms with Crippen molar-refractivity contribution < 1.29 is 29.6 Å². The van der Waals surface area contributed by atoms with Crippen LogP contribution in [0.15, 0.2) is 0 Å². The number of aliphatic carboxylic acids is 1. The summed E-state index contributed by atoms with van der Waals surface area (Å²) in [5, 5.41) is 24.6. The van der Waals surface area contributed by atoms with Gasteiger partial charge in [0.05, 0.1) is 12.8 Å². The number of hydrogen-bond acceptors (Lipinski definition) is 5. The Kier molecular flexibility index (Phi) is 4.98. The third-order valence-electron chi connectivity index (χ3n) is 0.936. The lowest BCUT2D eigenvalue weighted by Crippen LogP contribution is -2.18. The molecule has 0 aromatic heterocycles. The summed E-state index contributed by atoms with van der Waals surface area (Å²) in [4.78, 5) is 20.5. The molecule has 0 aliphatic carbocycles. The van der Waals surface area contributed by atoms with Crippen LogP contribution in [0.5, 0.6) is 0 Å². The lowest BCUT2D eigenvalue weighted by atomic mass is 10.3. The van der Waals surface area contributed by atoms with Gasteiger partial charge in [-0.3, -0.25) is 9.59 Å². The minimum atomic E-state index is -1.71. The van der Waals surface area contributed by atoms with Gasteiger partial charge in [0.15, 0.2) is 6.29 Å². The summed E-state index contributed by atoms with van der Waals surface area (Å²) in [6, 6.07) is 0. The fraction of sp³-hybridized carbons (Fsp3) is 0.667. The third kappa shape index (κ3) is 6.97. The van der Waals surface area contributed by atoms with E-state index in [2.05, 4.69) is 4.74 Å². The molecule has 12 heavy (non-hydrogen) atoms. The maximum atomic E-state index is 10.5. The van der Waals surface area contributed by atoms with Crippen molar-refractivity contribution in [3.8, 4) is 0 Å². The zero-order valence-corrected chi connectivity index (χ0v) is 6.27. The molecule has 0 radical (unpaired) electrons. The van der Waals surface area contributed by atoms with Gasteiger partial charge >= 0.3 is 11.9 Å². The predicted octanol–water partition coefficient (Wildman–Crippen LogP) is -1.29. The van der Waals surface area contributed by atoms with Crippen LogP contribution in [0.25, 0.3) is 0 Å². The standard InChI is InChI=1S/C6H10O6/c7-4(8)1-2-6(11)12-3-5(9)10/h5,9-10H,1-3H2,(H,7,8). The molecule has 0 aromatic rings. The zero-order valence-electron chi connectivity index (χ0n) is 6.27. The summed E-state index contributed by atoms with van der Waals surface area (Å²) >= 11 is 0. The maximum absolute atomic E-state index is 10.5. The van der Waals surface area contributed by atoms with Gasteiger partial charge in [0.1, 0.15) is 6.61 Å². The van der Waals surface area contributed by atoms with Crippen LogP contribution >= 0.6 is 0 Å². The number of carbonyl (C=O) groups excluding carboxylic acids is 1. The molecule has 0 fully saturated rings. The summed E-state index contributed by atoms with van der Waals surface area (Å²) in [5.74, 6) is -1.86. The molecule has 0 atom stereocenters. The first kappa shape index (κ1) is 10.9. The Balaban J connectivity index is 3.40. The number of aliphatic hydroxyl groups is 2. The van der Waals surface area contributed by atoms with Gasteiger partial charge < -0.3 is 20.1 Å². The Labute approximate surface area is 68.4 Å². The van der Waals surface area contributed by atoms with Gasteiger partial charge in [0.2, 0.25) is 0 Å². The van der Waals surface area contributed by atoms with Gasteiger partial charge in [0, 0.05) is 0 Å². The molecule has 0 amide bonds. The number of ether oxygens (including phenoxy) is 1. The van der Waals surface area contributed by atoms with E-state index < -0.39 is 24.8 Å². The van der Waals surface area contributed by atoms with Crippen LogP contribution in [0.4, 0.5) is 0 Å². The van der Waals surface area contributed by atoms with E-state index in [9.17, 15) is 9.59 Å². The number of carboxylic acids is 1. The van der Waals surface area contributed by atoms with Crippen LogP contribution < -0.4 is 0 Å². The van der Waals surface area contributed by atoms with Crippen molar-refractivity contribution in [2.45, 2.75) is 19.1 Å². The quantitative estimate of drug-likeness (QED) is 0.357. The molecule has 0 saturated heterocycles. The van der Waals surface area contributed by atoms with Crippen molar-refractivity contribution in [3.05, 3.63) is 0 Å². The maximum Gasteiger partial charge on any atom is 0.306 e. The van der Waals surface area contributed by atoms with E-state index in [0.29, 0.717) is 0 Å². The Bertz CT molecular complexity index is 163. The molecular weight excluding hydrogens is 168 g/mol. The minimum absolute atomic E-state index is 0.262. The normalized spacial score (nSPS) is 9.92. The average molecular weight is 178 g/mol.